The molecule has 0 saturated carbocycles. The maximum absolute atomic E-state index is 12.7. The fourth-order valence-electron chi connectivity index (χ4n) is 2.92. The third-order valence-electron chi connectivity index (χ3n) is 4.50. The zero-order chi connectivity index (χ0) is 23.1. The molecular weight excluding hydrogens is 421 g/mol. The number of aromatic nitrogens is 1. The topological polar surface area (TPSA) is 119 Å². The number of aromatic amines is 1. The second-order valence-corrected chi connectivity index (χ2v) is 6.68. The number of amides is 2. The van der Waals surface area contributed by atoms with E-state index >= 15 is 0 Å². The lowest BCUT2D eigenvalue weighted by atomic mass is 10.1. The fraction of sp³-hybridized carbons (Fsp3) is 0.136. The summed E-state index contributed by atoms with van der Waals surface area (Å²) < 4.78 is 38.0. The van der Waals surface area contributed by atoms with Gasteiger partial charge in [-0.25, -0.2) is 4.79 Å². The van der Waals surface area contributed by atoms with Gasteiger partial charge < -0.3 is 21.4 Å². The Labute approximate surface area is 181 Å². The van der Waals surface area contributed by atoms with Crippen LogP contribution in [0.1, 0.15) is 17.5 Å². The van der Waals surface area contributed by atoms with Crippen molar-refractivity contribution < 1.29 is 18.0 Å². The number of benzene rings is 2. The van der Waals surface area contributed by atoms with Crippen molar-refractivity contribution in [1.82, 2.24) is 4.98 Å². The number of halogens is 3. The van der Waals surface area contributed by atoms with Crippen molar-refractivity contribution in [1.29, 1.82) is 5.26 Å². The molecule has 3 aromatic rings. The van der Waals surface area contributed by atoms with E-state index in [9.17, 15) is 18.0 Å². The van der Waals surface area contributed by atoms with Crippen LogP contribution in [0.2, 0.25) is 0 Å². The van der Waals surface area contributed by atoms with Crippen LogP contribution >= 0.6 is 0 Å². The van der Waals surface area contributed by atoms with Crippen molar-refractivity contribution >= 4 is 40.1 Å². The van der Waals surface area contributed by atoms with Crippen molar-refractivity contribution in [3.8, 4) is 6.07 Å². The summed E-state index contributed by atoms with van der Waals surface area (Å²) in [6.07, 6.45) is 0.435. The maximum atomic E-state index is 12.7. The van der Waals surface area contributed by atoms with E-state index in [4.69, 9.17) is 11.0 Å². The molecule has 0 aliphatic heterocycles. The summed E-state index contributed by atoms with van der Waals surface area (Å²) in [5.41, 5.74) is 7.76. The van der Waals surface area contributed by atoms with Crippen LogP contribution in [0.25, 0.3) is 16.5 Å². The van der Waals surface area contributed by atoms with Gasteiger partial charge >= 0.3 is 12.2 Å². The number of aliphatic imine (C=N–C) groups is 1. The van der Waals surface area contributed by atoms with Crippen molar-refractivity contribution in [2.24, 2.45) is 10.7 Å². The number of alkyl halides is 3. The van der Waals surface area contributed by atoms with Crippen LogP contribution in [0.15, 0.2) is 59.9 Å². The smallest absolute Gasteiger partial charge is 0.404 e. The molecule has 0 bridgehead atoms. The predicted molar refractivity (Wildman–Crippen MR) is 118 cm³/mol. The number of rotatable bonds is 6. The van der Waals surface area contributed by atoms with Crippen LogP contribution in [0.3, 0.4) is 0 Å². The number of H-pyrrole nitrogens is 1. The summed E-state index contributed by atoms with van der Waals surface area (Å²) in [4.78, 5) is 19.5. The third-order valence-corrected chi connectivity index (χ3v) is 4.50. The molecule has 0 radical (unpaired) electrons. The first-order chi connectivity index (χ1) is 15.3. The number of urea groups is 1. The van der Waals surface area contributed by atoms with Gasteiger partial charge in [-0.05, 0) is 42.0 Å². The Morgan fingerprint density at radius 1 is 1.19 bits per heavy atom. The number of hydrogen-bond donors (Lipinski definition) is 4. The van der Waals surface area contributed by atoms with Crippen LogP contribution in [0.5, 0.6) is 0 Å². The molecule has 0 aliphatic rings. The van der Waals surface area contributed by atoms with Gasteiger partial charge in [0.2, 0.25) is 0 Å². The Kier molecular flexibility index (Phi) is 6.80. The van der Waals surface area contributed by atoms with E-state index in [1.165, 1.54) is 18.3 Å². The van der Waals surface area contributed by atoms with E-state index in [-0.39, 0.29) is 5.69 Å². The lowest BCUT2D eigenvalue weighted by molar-refractivity contribution is -0.137. The molecule has 0 spiro atoms. The Hall–Kier alpha value is -4.26. The molecule has 10 heteroatoms. The Balaban J connectivity index is 1.75. The number of allylic oxidation sites excluding steroid dienone is 1. The molecule has 0 atom stereocenters. The average Bonchev–Trinajstić information content (AvgIpc) is 3.15. The van der Waals surface area contributed by atoms with E-state index < -0.39 is 17.8 Å². The number of nitrogens with two attached hydrogens (primary N) is 1. The van der Waals surface area contributed by atoms with Crippen molar-refractivity contribution in [3.05, 3.63) is 66.0 Å². The van der Waals surface area contributed by atoms with Gasteiger partial charge in [-0.2, -0.15) is 18.4 Å². The van der Waals surface area contributed by atoms with Gasteiger partial charge in [0.25, 0.3) is 0 Å². The van der Waals surface area contributed by atoms with Crippen LogP contribution in [0.4, 0.5) is 29.3 Å². The largest absolute Gasteiger partial charge is 0.416 e. The number of carbonyl (C=O) groups is 1. The molecule has 7 nitrogen and oxygen atoms in total. The number of hydrogen-bond acceptors (Lipinski definition) is 4. The summed E-state index contributed by atoms with van der Waals surface area (Å²) in [7, 11) is 0. The average molecular weight is 440 g/mol. The number of fused-ring (bicyclic) bond motifs is 1. The number of nitrogens with zero attached hydrogens (tertiary/aromatic N) is 2. The van der Waals surface area contributed by atoms with E-state index in [1.807, 2.05) is 24.3 Å². The van der Waals surface area contributed by atoms with Gasteiger partial charge in [0, 0.05) is 40.8 Å². The van der Waals surface area contributed by atoms with Gasteiger partial charge in [0.1, 0.15) is 0 Å². The maximum Gasteiger partial charge on any atom is 0.416 e. The van der Waals surface area contributed by atoms with Gasteiger partial charge in [-0.15, -0.1) is 0 Å². The zero-order valence-corrected chi connectivity index (χ0v) is 16.7. The monoisotopic (exact) mass is 440 g/mol. The lowest BCUT2D eigenvalue weighted by Gasteiger charge is -2.10. The van der Waals surface area contributed by atoms with Gasteiger partial charge in [-0.1, -0.05) is 6.07 Å². The predicted octanol–water partition coefficient (Wildman–Crippen LogP) is 5.11. The highest BCUT2D eigenvalue weighted by atomic mass is 19.4. The number of nitriles is 1. The summed E-state index contributed by atoms with van der Waals surface area (Å²) in [6, 6.07) is 11.0. The van der Waals surface area contributed by atoms with Crippen LogP contribution in [-0.4, -0.2) is 23.8 Å². The molecule has 1 heterocycles. The number of nitrogens with one attached hydrogen (secondary N) is 3. The minimum Gasteiger partial charge on any atom is -0.404 e. The zero-order valence-electron chi connectivity index (χ0n) is 16.7. The number of carbonyl (C=O) groups excluding carboxylic acids is 1. The molecule has 164 valence electrons. The standard InChI is InChI=1S/C22H19F3N6O/c23-22(24,25)16-3-5-17(6-4-16)30-21(32)31-20-13-29-19-7-2-14(10-18(19)20)15(11-27)12-28-9-1-8-26/h2-7,10-13,29H,1,9,27H2,(H2,30,31,32)/b15-11+,28-12?. The first-order valence-corrected chi connectivity index (χ1v) is 9.47. The van der Waals surface area contributed by atoms with Crippen LogP contribution < -0.4 is 16.4 Å². The molecule has 3 rings (SSSR count). The normalized spacial score (nSPS) is 12.1. The van der Waals surface area contributed by atoms with Gasteiger partial charge in [0.05, 0.1) is 30.3 Å². The van der Waals surface area contributed by atoms with E-state index in [0.29, 0.717) is 29.6 Å². The molecule has 2 amide bonds. The molecular formula is C22H19F3N6O. The first kappa shape index (κ1) is 22.4. The van der Waals surface area contributed by atoms with Gasteiger partial charge in [-0.3, -0.25) is 4.99 Å². The first-order valence-electron chi connectivity index (χ1n) is 9.47. The third kappa shape index (κ3) is 5.46. The summed E-state index contributed by atoms with van der Waals surface area (Å²) in [5, 5.41) is 14.5. The van der Waals surface area contributed by atoms with Crippen molar-refractivity contribution in [3.63, 3.8) is 0 Å². The van der Waals surface area contributed by atoms with E-state index in [2.05, 4.69) is 20.6 Å². The van der Waals surface area contributed by atoms with Crippen LogP contribution in [-0.2, 0) is 6.18 Å². The molecule has 0 unspecified atom stereocenters. The molecule has 1 aromatic heterocycles. The highest BCUT2D eigenvalue weighted by Crippen LogP contribution is 2.30. The fourth-order valence-corrected chi connectivity index (χ4v) is 2.92. The molecule has 0 saturated heterocycles. The minimum absolute atomic E-state index is 0.220. The second-order valence-electron chi connectivity index (χ2n) is 6.68. The molecule has 0 fully saturated rings. The SMILES string of the molecule is N#CCCN=C/C(=C\N)c1ccc2[nH]cc(NC(=O)Nc3ccc(C(F)(F)F)cc3)c2c1. The highest BCUT2D eigenvalue weighted by Gasteiger charge is 2.30. The van der Waals surface area contributed by atoms with E-state index in [0.717, 1.165) is 23.2 Å². The van der Waals surface area contributed by atoms with Gasteiger partial charge in [0.15, 0.2) is 0 Å². The van der Waals surface area contributed by atoms with Crippen molar-refractivity contribution in [2.45, 2.75) is 12.6 Å². The number of anilines is 2. The second kappa shape index (κ2) is 9.70. The molecule has 32 heavy (non-hydrogen) atoms. The Morgan fingerprint density at radius 2 is 1.94 bits per heavy atom. The Morgan fingerprint density at radius 3 is 2.59 bits per heavy atom. The van der Waals surface area contributed by atoms with Crippen LogP contribution in [0, 0.1) is 11.3 Å². The summed E-state index contributed by atoms with van der Waals surface area (Å²) >= 11 is 0. The quantitative estimate of drug-likeness (QED) is 0.315. The molecule has 0 aliphatic carbocycles. The Bertz CT molecular complexity index is 1200. The molecule has 5 N–H and O–H groups in total. The van der Waals surface area contributed by atoms with Crippen molar-refractivity contribution in [2.75, 3.05) is 17.2 Å². The van der Waals surface area contributed by atoms with E-state index in [1.54, 1.807) is 12.4 Å². The highest BCUT2D eigenvalue weighted by molar-refractivity contribution is 6.12. The summed E-state index contributed by atoms with van der Waals surface area (Å²) in [5.74, 6) is 0. The minimum atomic E-state index is -4.44. The molecule has 2 aromatic carbocycles. The lowest BCUT2D eigenvalue weighted by Crippen LogP contribution is -2.19. The summed E-state index contributed by atoms with van der Waals surface area (Å²) in [6.45, 7) is 0.358.